The minimum Gasteiger partial charge on any atom is -0.496 e. The molecule has 0 fully saturated rings. The minimum atomic E-state index is -0.260. The van der Waals surface area contributed by atoms with Gasteiger partial charge in [-0.05, 0) is 38.0 Å². The predicted octanol–water partition coefficient (Wildman–Crippen LogP) is 1.91. The fourth-order valence-corrected chi connectivity index (χ4v) is 1.84. The summed E-state index contributed by atoms with van der Waals surface area (Å²) < 4.78 is 5.30. The van der Waals surface area contributed by atoms with Crippen molar-refractivity contribution in [1.82, 2.24) is 5.32 Å². The first-order chi connectivity index (χ1) is 8.43. The molecule has 98 valence electrons. The van der Waals surface area contributed by atoms with Crippen molar-refractivity contribution in [2.75, 3.05) is 7.11 Å². The van der Waals surface area contributed by atoms with Crippen molar-refractivity contribution in [3.63, 3.8) is 0 Å². The molecule has 0 unspecified atom stereocenters. The third-order valence-electron chi connectivity index (χ3n) is 2.67. The van der Waals surface area contributed by atoms with Crippen LogP contribution < -0.4 is 10.1 Å². The first-order valence-electron chi connectivity index (χ1n) is 5.84. The van der Waals surface area contributed by atoms with Crippen molar-refractivity contribution in [3.8, 4) is 5.75 Å². The lowest BCUT2D eigenvalue weighted by Gasteiger charge is -2.13. The Balaban J connectivity index is 2.78. The molecule has 0 aliphatic rings. The number of methoxy groups -OCH3 is 1. The summed E-state index contributed by atoms with van der Waals surface area (Å²) in [6, 6.07) is 3.97. The Kier molecular flexibility index (Phi) is 4.89. The summed E-state index contributed by atoms with van der Waals surface area (Å²) >= 11 is 0. The van der Waals surface area contributed by atoms with Crippen LogP contribution in [0.3, 0.4) is 0 Å². The maximum Gasteiger partial charge on any atom is 0.227 e. The molecule has 4 heteroatoms. The van der Waals surface area contributed by atoms with E-state index in [0.717, 1.165) is 22.4 Å². The van der Waals surface area contributed by atoms with E-state index in [9.17, 15) is 9.59 Å². The number of amides is 1. The Labute approximate surface area is 107 Å². The molecule has 1 amide bonds. The van der Waals surface area contributed by atoms with Crippen LogP contribution in [-0.2, 0) is 16.1 Å². The zero-order valence-corrected chi connectivity index (χ0v) is 11.3. The van der Waals surface area contributed by atoms with Crippen LogP contribution in [0.1, 0.15) is 30.0 Å². The van der Waals surface area contributed by atoms with E-state index in [4.69, 9.17) is 4.74 Å². The van der Waals surface area contributed by atoms with Gasteiger partial charge >= 0.3 is 0 Å². The second kappa shape index (κ2) is 6.19. The highest BCUT2D eigenvalue weighted by molar-refractivity contribution is 5.96. The van der Waals surface area contributed by atoms with Gasteiger partial charge in [-0.2, -0.15) is 0 Å². The van der Waals surface area contributed by atoms with Crippen LogP contribution in [0.2, 0.25) is 0 Å². The number of rotatable bonds is 5. The molecular formula is C14H19NO3. The maximum absolute atomic E-state index is 11.4. The lowest BCUT2D eigenvalue weighted by atomic mass is 10.0. The van der Waals surface area contributed by atoms with E-state index in [1.54, 1.807) is 7.11 Å². The van der Waals surface area contributed by atoms with Gasteiger partial charge < -0.3 is 10.1 Å². The second-order valence-electron chi connectivity index (χ2n) is 4.42. The molecule has 0 atom stereocenters. The van der Waals surface area contributed by atoms with E-state index in [0.29, 0.717) is 6.54 Å². The molecule has 4 nitrogen and oxygen atoms in total. The van der Waals surface area contributed by atoms with Crippen LogP contribution in [0, 0.1) is 13.8 Å². The van der Waals surface area contributed by atoms with Crippen LogP contribution in [0.25, 0.3) is 0 Å². The first kappa shape index (κ1) is 14.2. The fraction of sp³-hybridized carbons (Fsp3) is 0.429. The monoisotopic (exact) mass is 249 g/mol. The largest absolute Gasteiger partial charge is 0.496 e. The highest BCUT2D eigenvalue weighted by atomic mass is 16.5. The number of ether oxygens (including phenoxy) is 1. The van der Waals surface area contributed by atoms with E-state index in [2.05, 4.69) is 5.32 Å². The number of Topliss-reactive ketones (excluding diaryl/α,β-unsaturated/α-hetero) is 1. The number of aryl methyl sites for hydroxylation is 2. The highest BCUT2D eigenvalue weighted by Crippen LogP contribution is 2.23. The maximum atomic E-state index is 11.4. The number of nitrogens with one attached hydrogen (secondary N) is 1. The zero-order valence-electron chi connectivity index (χ0n) is 11.3. The summed E-state index contributed by atoms with van der Waals surface area (Å²) in [6.45, 7) is 5.74. The molecule has 0 spiro atoms. The first-order valence-corrected chi connectivity index (χ1v) is 5.84. The number of benzene rings is 1. The summed E-state index contributed by atoms with van der Waals surface area (Å²) in [6.07, 6.45) is -0.0762. The second-order valence-corrected chi connectivity index (χ2v) is 4.42. The molecule has 0 saturated heterocycles. The van der Waals surface area contributed by atoms with E-state index in [1.807, 2.05) is 26.0 Å². The smallest absolute Gasteiger partial charge is 0.227 e. The van der Waals surface area contributed by atoms with Crippen molar-refractivity contribution in [1.29, 1.82) is 0 Å². The molecule has 1 N–H and O–H groups in total. The average molecular weight is 249 g/mol. The molecule has 18 heavy (non-hydrogen) atoms. The van der Waals surface area contributed by atoms with Crippen molar-refractivity contribution in [3.05, 3.63) is 28.8 Å². The third-order valence-corrected chi connectivity index (χ3v) is 2.67. The molecule has 0 aliphatic heterocycles. The zero-order chi connectivity index (χ0) is 13.7. The van der Waals surface area contributed by atoms with E-state index in [-0.39, 0.29) is 18.1 Å². The summed E-state index contributed by atoms with van der Waals surface area (Å²) in [4.78, 5) is 22.2. The van der Waals surface area contributed by atoms with Crippen LogP contribution in [-0.4, -0.2) is 18.8 Å². The molecule has 0 bridgehead atoms. The topological polar surface area (TPSA) is 55.4 Å². The van der Waals surface area contributed by atoms with E-state index < -0.39 is 0 Å². The van der Waals surface area contributed by atoms with E-state index >= 15 is 0 Å². The lowest BCUT2D eigenvalue weighted by molar-refractivity contribution is -0.127. The summed E-state index contributed by atoms with van der Waals surface area (Å²) in [5.74, 6) is 0.361. The van der Waals surface area contributed by atoms with Crippen LogP contribution in [0.5, 0.6) is 5.75 Å². The molecule has 0 radical (unpaired) electrons. The molecule has 1 aromatic rings. The molecule has 1 rings (SSSR count). The molecule has 0 heterocycles. The van der Waals surface area contributed by atoms with Crippen molar-refractivity contribution >= 4 is 11.7 Å². The summed E-state index contributed by atoms with van der Waals surface area (Å²) in [7, 11) is 1.61. The Morgan fingerprint density at radius 3 is 2.50 bits per heavy atom. The molecular weight excluding hydrogens is 230 g/mol. The molecule has 1 aromatic carbocycles. The van der Waals surface area contributed by atoms with Crippen molar-refractivity contribution < 1.29 is 14.3 Å². The number of carbonyl (C=O) groups is 2. The minimum absolute atomic E-state index is 0.0762. The van der Waals surface area contributed by atoms with Gasteiger partial charge in [0.25, 0.3) is 0 Å². The van der Waals surface area contributed by atoms with Gasteiger partial charge in [-0.1, -0.05) is 6.07 Å². The van der Waals surface area contributed by atoms with Crippen LogP contribution in [0.4, 0.5) is 0 Å². The summed E-state index contributed by atoms with van der Waals surface area (Å²) in [5, 5.41) is 2.73. The van der Waals surface area contributed by atoms with E-state index in [1.165, 1.54) is 6.92 Å². The molecule has 0 aromatic heterocycles. The van der Waals surface area contributed by atoms with Gasteiger partial charge in [0.05, 0.1) is 13.5 Å². The number of hydrogen-bond acceptors (Lipinski definition) is 3. The number of ketones is 1. The van der Waals surface area contributed by atoms with Gasteiger partial charge in [0.2, 0.25) is 5.91 Å². The standard InChI is InChI=1S/C14H19NO3/c1-9-5-10(2)12(13(6-9)18-4)8-15-14(17)7-11(3)16/h5-6H,7-8H2,1-4H3,(H,15,17). The lowest BCUT2D eigenvalue weighted by Crippen LogP contribution is -2.25. The SMILES string of the molecule is COc1cc(C)cc(C)c1CNC(=O)CC(C)=O. The van der Waals surface area contributed by atoms with Crippen molar-refractivity contribution in [2.45, 2.75) is 33.7 Å². The quantitative estimate of drug-likeness (QED) is 0.811. The van der Waals surface area contributed by atoms with Crippen LogP contribution >= 0.6 is 0 Å². The Hall–Kier alpha value is -1.84. The number of carbonyl (C=O) groups excluding carboxylic acids is 2. The van der Waals surface area contributed by atoms with Gasteiger partial charge in [0.1, 0.15) is 11.5 Å². The van der Waals surface area contributed by atoms with Gasteiger partial charge in [-0.3, -0.25) is 9.59 Å². The van der Waals surface area contributed by atoms with Gasteiger partial charge in [0.15, 0.2) is 0 Å². The normalized spacial score (nSPS) is 10.0. The van der Waals surface area contributed by atoms with Crippen molar-refractivity contribution in [2.24, 2.45) is 0 Å². The predicted molar refractivity (Wildman–Crippen MR) is 69.6 cm³/mol. The third kappa shape index (κ3) is 3.87. The highest BCUT2D eigenvalue weighted by Gasteiger charge is 2.10. The summed E-state index contributed by atoms with van der Waals surface area (Å²) in [5.41, 5.74) is 3.12. The average Bonchev–Trinajstić information content (AvgIpc) is 2.25. The molecule has 0 saturated carbocycles. The molecule has 0 aliphatic carbocycles. The van der Waals surface area contributed by atoms with Gasteiger partial charge in [-0.15, -0.1) is 0 Å². The van der Waals surface area contributed by atoms with Gasteiger partial charge in [0, 0.05) is 12.1 Å². The number of hydrogen-bond donors (Lipinski definition) is 1. The van der Waals surface area contributed by atoms with Crippen LogP contribution in [0.15, 0.2) is 12.1 Å². The Morgan fingerprint density at radius 2 is 1.94 bits per heavy atom. The fourth-order valence-electron chi connectivity index (χ4n) is 1.84. The Bertz CT molecular complexity index is 466. The van der Waals surface area contributed by atoms with Gasteiger partial charge in [-0.25, -0.2) is 0 Å². The Morgan fingerprint density at radius 1 is 1.28 bits per heavy atom.